The van der Waals surface area contributed by atoms with Gasteiger partial charge in [-0.1, -0.05) is 12.1 Å². The van der Waals surface area contributed by atoms with E-state index in [1.807, 2.05) is 24.3 Å². The summed E-state index contributed by atoms with van der Waals surface area (Å²) in [6.07, 6.45) is 5.50. The molecule has 0 amide bonds. The third-order valence-corrected chi connectivity index (χ3v) is 1.75. The van der Waals surface area contributed by atoms with Crippen molar-refractivity contribution >= 4 is 12.4 Å². The largest absolute Gasteiger partial charge is 0.323 e. The highest BCUT2D eigenvalue weighted by Gasteiger charge is 2.03. The highest BCUT2D eigenvalue weighted by atomic mass is 35.5. The second-order valence-electron chi connectivity index (χ2n) is 2.73. The first-order valence-corrected chi connectivity index (χ1v) is 4.12. The number of allylic oxidation sites excluding steroid dienone is 1. The minimum atomic E-state index is 0. The topological polar surface area (TPSA) is 38.9 Å². The van der Waals surface area contributed by atoms with Crippen LogP contribution in [0.15, 0.2) is 37.1 Å². The van der Waals surface area contributed by atoms with Gasteiger partial charge in [-0.3, -0.25) is 4.98 Å². The van der Waals surface area contributed by atoms with Crippen LogP contribution < -0.4 is 5.73 Å². The summed E-state index contributed by atoms with van der Waals surface area (Å²) in [7, 11) is 0. The molecule has 13 heavy (non-hydrogen) atoms. The van der Waals surface area contributed by atoms with Crippen LogP contribution in [0.1, 0.15) is 24.6 Å². The number of aromatic nitrogens is 1. The van der Waals surface area contributed by atoms with E-state index < -0.39 is 0 Å². The Morgan fingerprint density at radius 1 is 1.54 bits per heavy atom. The summed E-state index contributed by atoms with van der Waals surface area (Å²) < 4.78 is 0. The van der Waals surface area contributed by atoms with E-state index in [2.05, 4.69) is 11.6 Å². The predicted octanol–water partition coefficient (Wildman–Crippen LogP) is 2.47. The SMILES string of the molecule is C=CCC[C@H](N)c1ccccn1.Cl. The van der Waals surface area contributed by atoms with Crippen LogP contribution in [0, 0.1) is 0 Å². The number of rotatable bonds is 4. The Morgan fingerprint density at radius 2 is 2.31 bits per heavy atom. The van der Waals surface area contributed by atoms with Gasteiger partial charge < -0.3 is 5.73 Å². The summed E-state index contributed by atoms with van der Waals surface area (Å²) in [5, 5.41) is 0. The average Bonchev–Trinajstić information content (AvgIpc) is 2.15. The van der Waals surface area contributed by atoms with E-state index in [0.29, 0.717) is 0 Å². The second-order valence-corrected chi connectivity index (χ2v) is 2.73. The summed E-state index contributed by atoms with van der Waals surface area (Å²) in [4.78, 5) is 4.17. The predicted molar refractivity (Wildman–Crippen MR) is 57.8 cm³/mol. The lowest BCUT2D eigenvalue weighted by Gasteiger charge is -2.08. The van der Waals surface area contributed by atoms with E-state index >= 15 is 0 Å². The molecule has 0 saturated carbocycles. The molecule has 0 aliphatic heterocycles. The first-order valence-electron chi connectivity index (χ1n) is 4.12. The lowest BCUT2D eigenvalue weighted by molar-refractivity contribution is 0.642. The minimum Gasteiger partial charge on any atom is -0.323 e. The Bertz CT molecular complexity index is 236. The van der Waals surface area contributed by atoms with Gasteiger partial charge in [0.1, 0.15) is 0 Å². The van der Waals surface area contributed by atoms with Gasteiger partial charge >= 0.3 is 0 Å². The Hall–Kier alpha value is -0.860. The van der Waals surface area contributed by atoms with Crippen molar-refractivity contribution < 1.29 is 0 Å². The molecule has 0 fully saturated rings. The first-order chi connectivity index (χ1) is 5.84. The Balaban J connectivity index is 0.00000144. The molecular weight excluding hydrogens is 184 g/mol. The molecule has 1 rings (SSSR count). The molecule has 1 atom stereocenters. The molecular formula is C10H15ClN2. The van der Waals surface area contributed by atoms with Crippen LogP contribution >= 0.6 is 12.4 Å². The van der Waals surface area contributed by atoms with E-state index in [0.717, 1.165) is 18.5 Å². The van der Waals surface area contributed by atoms with E-state index in [4.69, 9.17) is 5.73 Å². The fourth-order valence-electron chi connectivity index (χ4n) is 1.04. The van der Waals surface area contributed by atoms with Crippen molar-refractivity contribution in [2.45, 2.75) is 18.9 Å². The number of nitrogens with zero attached hydrogens (tertiary/aromatic N) is 1. The molecule has 72 valence electrons. The molecule has 0 aliphatic rings. The molecule has 1 aromatic rings. The van der Waals surface area contributed by atoms with Crippen LogP contribution in [0.3, 0.4) is 0 Å². The lowest BCUT2D eigenvalue weighted by Crippen LogP contribution is -2.11. The Labute approximate surface area is 85.3 Å². The van der Waals surface area contributed by atoms with Crippen LogP contribution in [0.5, 0.6) is 0 Å². The van der Waals surface area contributed by atoms with Crippen molar-refractivity contribution in [1.29, 1.82) is 0 Å². The van der Waals surface area contributed by atoms with Crippen LogP contribution in [0.25, 0.3) is 0 Å². The van der Waals surface area contributed by atoms with Crippen molar-refractivity contribution in [3.63, 3.8) is 0 Å². The summed E-state index contributed by atoms with van der Waals surface area (Å²) in [6, 6.07) is 5.84. The van der Waals surface area contributed by atoms with Gasteiger partial charge in [0, 0.05) is 12.2 Å². The van der Waals surface area contributed by atoms with Gasteiger partial charge in [-0.2, -0.15) is 0 Å². The quantitative estimate of drug-likeness (QED) is 0.755. The number of hydrogen-bond donors (Lipinski definition) is 1. The maximum absolute atomic E-state index is 5.87. The van der Waals surface area contributed by atoms with Gasteiger partial charge in [-0.15, -0.1) is 19.0 Å². The average molecular weight is 199 g/mol. The third-order valence-electron chi connectivity index (χ3n) is 1.75. The summed E-state index contributed by atoms with van der Waals surface area (Å²) in [6.45, 7) is 3.65. The third kappa shape index (κ3) is 4.06. The molecule has 0 aromatic carbocycles. The Morgan fingerprint density at radius 3 is 2.85 bits per heavy atom. The van der Waals surface area contributed by atoms with Gasteiger partial charge in [-0.05, 0) is 25.0 Å². The fourth-order valence-corrected chi connectivity index (χ4v) is 1.04. The molecule has 0 saturated heterocycles. The van der Waals surface area contributed by atoms with Crippen LogP contribution in [0.4, 0.5) is 0 Å². The fraction of sp³-hybridized carbons (Fsp3) is 0.300. The lowest BCUT2D eigenvalue weighted by atomic mass is 10.1. The van der Waals surface area contributed by atoms with Crippen LogP contribution in [-0.4, -0.2) is 4.98 Å². The second kappa shape index (κ2) is 6.63. The van der Waals surface area contributed by atoms with E-state index in [1.165, 1.54) is 0 Å². The van der Waals surface area contributed by atoms with Crippen molar-refractivity contribution in [2.24, 2.45) is 5.73 Å². The van der Waals surface area contributed by atoms with Gasteiger partial charge in [0.05, 0.1) is 5.69 Å². The van der Waals surface area contributed by atoms with Crippen LogP contribution in [-0.2, 0) is 0 Å². The molecule has 0 bridgehead atoms. The minimum absolute atomic E-state index is 0. The molecule has 0 aliphatic carbocycles. The van der Waals surface area contributed by atoms with E-state index in [1.54, 1.807) is 6.20 Å². The molecule has 2 N–H and O–H groups in total. The van der Waals surface area contributed by atoms with Gasteiger partial charge in [0.15, 0.2) is 0 Å². The van der Waals surface area contributed by atoms with Crippen LogP contribution in [0.2, 0.25) is 0 Å². The summed E-state index contributed by atoms with van der Waals surface area (Å²) in [5.74, 6) is 0. The van der Waals surface area contributed by atoms with E-state index in [9.17, 15) is 0 Å². The highest BCUT2D eigenvalue weighted by Crippen LogP contribution is 2.12. The standard InChI is InChI=1S/C10H14N2.ClH/c1-2-3-6-9(11)10-7-4-5-8-12-10;/h2,4-5,7-9H,1,3,6,11H2;1H/t9-;/m0./s1. The van der Waals surface area contributed by atoms with Crippen molar-refractivity contribution in [3.05, 3.63) is 42.7 Å². The summed E-state index contributed by atoms with van der Waals surface area (Å²) >= 11 is 0. The zero-order valence-corrected chi connectivity index (χ0v) is 8.33. The number of pyridine rings is 1. The zero-order valence-electron chi connectivity index (χ0n) is 7.52. The molecule has 1 aromatic heterocycles. The van der Waals surface area contributed by atoms with Crippen molar-refractivity contribution in [1.82, 2.24) is 4.98 Å². The maximum Gasteiger partial charge on any atom is 0.0571 e. The monoisotopic (exact) mass is 198 g/mol. The number of halogens is 1. The number of nitrogens with two attached hydrogens (primary N) is 1. The molecule has 2 nitrogen and oxygen atoms in total. The maximum atomic E-state index is 5.87. The van der Waals surface area contributed by atoms with E-state index in [-0.39, 0.29) is 18.4 Å². The molecule has 3 heteroatoms. The van der Waals surface area contributed by atoms with Gasteiger partial charge in [-0.25, -0.2) is 0 Å². The molecule has 1 heterocycles. The normalized spacial score (nSPS) is 11.5. The molecule has 0 radical (unpaired) electrons. The smallest absolute Gasteiger partial charge is 0.0571 e. The molecule has 0 spiro atoms. The first kappa shape index (κ1) is 12.1. The van der Waals surface area contributed by atoms with Crippen molar-refractivity contribution in [3.8, 4) is 0 Å². The highest BCUT2D eigenvalue weighted by molar-refractivity contribution is 5.85. The number of hydrogen-bond acceptors (Lipinski definition) is 2. The Kier molecular flexibility index (Phi) is 6.20. The zero-order chi connectivity index (χ0) is 8.81. The summed E-state index contributed by atoms with van der Waals surface area (Å²) in [5.41, 5.74) is 6.83. The molecule has 0 unspecified atom stereocenters. The van der Waals surface area contributed by atoms with Crippen molar-refractivity contribution in [2.75, 3.05) is 0 Å². The van der Waals surface area contributed by atoms with Gasteiger partial charge in [0.2, 0.25) is 0 Å². The van der Waals surface area contributed by atoms with Gasteiger partial charge in [0.25, 0.3) is 0 Å².